The molecule has 0 saturated heterocycles. The Labute approximate surface area is 130 Å². The molecule has 2 nitrogen and oxygen atoms in total. The summed E-state index contributed by atoms with van der Waals surface area (Å²) in [5.74, 6) is 0.815. The van der Waals surface area contributed by atoms with Crippen LogP contribution in [-0.4, -0.2) is 5.11 Å². The van der Waals surface area contributed by atoms with Gasteiger partial charge in [-0.25, -0.2) is 0 Å². The highest BCUT2D eigenvalue weighted by atomic mass is 32.1. The fraction of sp³-hybridized carbons (Fsp3) is 0.444. The number of fused-ring (bicyclic) bond motifs is 1. The molecule has 112 valence electrons. The highest BCUT2D eigenvalue weighted by Gasteiger charge is 2.29. The molecule has 1 unspecified atom stereocenters. The zero-order chi connectivity index (χ0) is 15.2. The van der Waals surface area contributed by atoms with E-state index >= 15 is 0 Å². The molecule has 3 rings (SSSR count). The molecule has 0 bridgehead atoms. The standard InChI is InChI=1S/C18H22O2S/c1-11-5-6-14-12(9-11)13(19)10-15(20-14)16-7-8-17(21-16)18(2,3)4/h5-9,13,15,19H,10H2,1-4H3/t13-,15?/m1/s1. The number of hydrogen-bond donors (Lipinski definition) is 1. The topological polar surface area (TPSA) is 29.5 Å². The largest absolute Gasteiger partial charge is 0.484 e. The first kappa shape index (κ1) is 14.6. The van der Waals surface area contributed by atoms with Crippen molar-refractivity contribution in [3.05, 3.63) is 51.2 Å². The van der Waals surface area contributed by atoms with Gasteiger partial charge in [-0.3, -0.25) is 0 Å². The zero-order valence-corrected chi connectivity index (χ0v) is 13.8. The zero-order valence-electron chi connectivity index (χ0n) is 13.0. The Morgan fingerprint density at radius 1 is 1.19 bits per heavy atom. The molecular formula is C18H22O2S. The maximum Gasteiger partial charge on any atom is 0.136 e. The second-order valence-corrected chi connectivity index (χ2v) is 7.97. The Kier molecular flexibility index (Phi) is 3.58. The number of benzene rings is 1. The van der Waals surface area contributed by atoms with Gasteiger partial charge in [0.2, 0.25) is 0 Å². The summed E-state index contributed by atoms with van der Waals surface area (Å²) in [6.45, 7) is 8.69. The first-order valence-electron chi connectivity index (χ1n) is 7.40. The smallest absolute Gasteiger partial charge is 0.136 e. The summed E-state index contributed by atoms with van der Waals surface area (Å²) in [6, 6.07) is 10.3. The number of aliphatic hydroxyl groups is 1. The minimum Gasteiger partial charge on any atom is -0.484 e. The van der Waals surface area contributed by atoms with E-state index in [0.717, 1.165) is 16.9 Å². The van der Waals surface area contributed by atoms with Crippen molar-refractivity contribution in [3.8, 4) is 5.75 Å². The highest BCUT2D eigenvalue weighted by Crippen LogP contribution is 2.43. The molecule has 1 aromatic heterocycles. The lowest BCUT2D eigenvalue weighted by Crippen LogP contribution is -2.18. The lowest BCUT2D eigenvalue weighted by molar-refractivity contribution is 0.0674. The van der Waals surface area contributed by atoms with Gasteiger partial charge in [0.05, 0.1) is 6.10 Å². The summed E-state index contributed by atoms with van der Waals surface area (Å²) in [6.07, 6.45) is 0.135. The minimum atomic E-state index is -0.446. The van der Waals surface area contributed by atoms with Crippen molar-refractivity contribution in [2.45, 2.75) is 51.7 Å². The number of ether oxygens (including phenoxy) is 1. The van der Waals surface area contributed by atoms with Gasteiger partial charge >= 0.3 is 0 Å². The van der Waals surface area contributed by atoms with Crippen LogP contribution < -0.4 is 4.74 Å². The van der Waals surface area contributed by atoms with Crippen molar-refractivity contribution in [3.63, 3.8) is 0 Å². The van der Waals surface area contributed by atoms with Crippen LogP contribution in [0.25, 0.3) is 0 Å². The molecule has 2 atom stereocenters. The average molecular weight is 302 g/mol. The van der Waals surface area contributed by atoms with Crippen molar-refractivity contribution in [1.82, 2.24) is 0 Å². The van der Waals surface area contributed by atoms with Gasteiger partial charge in [-0.15, -0.1) is 11.3 Å². The second kappa shape index (κ2) is 5.15. The van der Waals surface area contributed by atoms with Crippen LogP contribution in [0.3, 0.4) is 0 Å². The van der Waals surface area contributed by atoms with Crippen LogP contribution in [0.1, 0.15) is 60.3 Å². The van der Waals surface area contributed by atoms with Gasteiger partial charge in [0, 0.05) is 21.7 Å². The van der Waals surface area contributed by atoms with E-state index in [1.807, 2.05) is 25.1 Å². The van der Waals surface area contributed by atoms with Gasteiger partial charge in [-0.2, -0.15) is 0 Å². The Morgan fingerprint density at radius 3 is 2.62 bits per heavy atom. The summed E-state index contributed by atoms with van der Waals surface area (Å²) < 4.78 is 6.12. The van der Waals surface area contributed by atoms with Gasteiger partial charge in [0.15, 0.2) is 0 Å². The predicted octanol–water partition coefficient (Wildman–Crippen LogP) is 4.91. The van der Waals surface area contributed by atoms with Gasteiger partial charge in [-0.1, -0.05) is 32.4 Å². The normalized spacial score (nSPS) is 21.8. The molecule has 1 aliphatic rings. The van der Waals surface area contributed by atoms with Crippen LogP contribution in [0.2, 0.25) is 0 Å². The molecule has 1 N–H and O–H groups in total. The van der Waals surface area contributed by atoms with E-state index in [4.69, 9.17) is 4.74 Å². The molecule has 1 aromatic carbocycles. The summed E-state index contributed by atoms with van der Waals surface area (Å²) in [5.41, 5.74) is 2.23. The van der Waals surface area contributed by atoms with E-state index in [-0.39, 0.29) is 11.5 Å². The molecule has 0 aliphatic carbocycles. The molecule has 0 fully saturated rings. The average Bonchev–Trinajstić information content (AvgIpc) is 2.89. The van der Waals surface area contributed by atoms with Crippen LogP contribution in [-0.2, 0) is 5.41 Å². The Bertz CT molecular complexity index is 651. The number of rotatable bonds is 1. The second-order valence-electron chi connectivity index (χ2n) is 6.85. The third kappa shape index (κ3) is 2.85. The molecule has 21 heavy (non-hydrogen) atoms. The van der Waals surface area contributed by atoms with Crippen molar-refractivity contribution in [2.75, 3.05) is 0 Å². The quantitative estimate of drug-likeness (QED) is 0.811. The number of thiophene rings is 1. The molecule has 2 aromatic rings. The molecule has 1 aliphatic heterocycles. The summed E-state index contributed by atoms with van der Waals surface area (Å²) >= 11 is 1.79. The third-order valence-electron chi connectivity index (χ3n) is 3.91. The summed E-state index contributed by atoms with van der Waals surface area (Å²) in [5, 5.41) is 10.4. The van der Waals surface area contributed by atoms with E-state index in [0.29, 0.717) is 6.42 Å². The Morgan fingerprint density at radius 2 is 1.95 bits per heavy atom. The maximum atomic E-state index is 10.4. The number of hydrogen-bond acceptors (Lipinski definition) is 3. The van der Waals surface area contributed by atoms with Gasteiger partial charge in [0.25, 0.3) is 0 Å². The van der Waals surface area contributed by atoms with E-state index in [1.165, 1.54) is 9.75 Å². The van der Waals surface area contributed by atoms with E-state index in [9.17, 15) is 5.11 Å². The van der Waals surface area contributed by atoms with Crippen molar-refractivity contribution in [1.29, 1.82) is 0 Å². The van der Waals surface area contributed by atoms with Crippen molar-refractivity contribution in [2.24, 2.45) is 0 Å². The number of aliphatic hydroxyl groups excluding tert-OH is 1. The molecule has 0 radical (unpaired) electrons. The van der Waals surface area contributed by atoms with Gasteiger partial charge in [-0.05, 0) is 36.6 Å². The monoisotopic (exact) mass is 302 g/mol. The minimum absolute atomic E-state index is 0.0451. The predicted molar refractivity (Wildman–Crippen MR) is 87.1 cm³/mol. The van der Waals surface area contributed by atoms with Crippen LogP contribution in [0.4, 0.5) is 0 Å². The molecule has 0 saturated carbocycles. The molecule has 2 heterocycles. The maximum absolute atomic E-state index is 10.4. The van der Waals surface area contributed by atoms with E-state index in [1.54, 1.807) is 11.3 Å². The SMILES string of the molecule is Cc1ccc2c(c1)[C@H](O)CC(c1ccc(C(C)(C)C)s1)O2. The first-order valence-corrected chi connectivity index (χ1v) is 8.22. The Hall–Kier alpha value is -1.32. The third-order valence-corrected chi connectivity index (χ3v) is 5.52. The molecule has 0 spiro atoms. The Balaban J connectivity index is 1.89. The first-order chi connectivity index (χ1) is 9.84. The fourth-order valence-electron chi connectivity index (χ4n) is 2.67. The molecule has 3 heteroatoms. The van der Waals surface area contributed by atoms with Gasteiger partial charge in [0.1, 0.15) is 11.9 Å². The van der Waals surface area contributed by atoms with Crippen molar-refractivity contribution >= 4 is 11.3 Å². The van der Waals surface area contributed by atoms with Crippen LogP contribution in [0.15, 0.2) is 30.3 Å². The summed E-state index contributed by atoms with van der Waals surface area (Å²) in [7, 11) is 0. The highest BCUT2D eigenvalue weighted by molar-refractivity contribution is 7.12. The van der Waals surface area contributed by atoms with Gasteiger partial charge < -0.3 is 9.84 Å². The lowest BCUT2D eigenvalue weighted by atomic mass is 9.94. The van der Waals surface area contributed by atoms with Crippen LogP contribution in [0, 0.1) is 6.92 Å². The summed E-state index contributed by atoms with van der Waals surface area (Å²) in [4.78, 5) is 2.55. The van der Waals surface area contributed by atoms with Crippen LogP contribution in [0.5, 0.6) is 5.75 Å². The lowest BCUT2D eigenvalue weighted by Gasteiger charge is -2.29. The van der Waals surface area contributed by atoms with E-state index in [2.05, 4.69) is 32.9 Å². The van der Waals surface area contributed by atoms with Crippen LogP contribution >= 0.6 is 11.3 Å². The molecular weight excluding hydrogens is 280 g/mol. The van der Waals surface area contributed by atoms with Crippen molar-refractivity contribution < 1.29 is 9.84 Å². The fourth-order valence-corrected chi connectivity index (χ4v) is 3.78. The molecule has 0 amide bonds. The number of aryl methyl sites for hydroxylation is 1. The van der Waals surface area contributed by atoms with E-state index < -0.39 is 6.10 Å².